The Labute approximate surface area is 421 Å². The monoisotopic (exact) mass is 973 g/mol. The van der Waals surface area contributed by atoms with Crippen molar-refractivity contribution in [1.82, 2.24) is 0 Å². The maximum absolute atomic E-state index is 4.32. The molecule has 0 atom stereocenters. The van der Waals surface area contributed by atoms with Crippen LogP contribution in [0.3, 0.4) is 0 Å². The van der Waals surface area contributed by atoms with Crippen LogP contribution in [0.4, 0.5) is 0 Å². The van der Waals surface area contributed by atoms with Crippen LogP contribution in [-0.2, 0) is 0 Å². The molecular weight excluding hydrogens is 881 g/mol. The van der Waals surface area contributed by atoms with Crippen LogP contribution in [0.15, 0.2) is 48.5 Å². The maximum atomic E-state index is 4.32. The molecule has 4 heteroatoms. The van der Waals surface area contributed by atoms with Gasteiger partial charge in [-0.25, -0.2) is 0 Å². The van der Waals surface area contributed by atoms with E-state index in [1.165, 1.54) is 42.4 Å². The summed E-state index contributed by atoms with van der Waals surface area (Å²) in [5, 5.41) is 7.44. The van der Waals surface area contributed by atoms with Gasteiger partial charge >= 0.3 is 0 Å². The van der Waals surface area contributed by atoms with Gasteiger partial charge in [0, 0.05) is 43.8 Å². The molecule has 0 saturated heterocycles. The quantitative estimate of drug-likeness (QED) is 0.125. The van der Waals surface area contributed by atoms with E-state index in [4.69, 9.17) is 0 Å². The van der Waals surface area contributed by atoms with Gasteiger partial charge in [0.25, 0.3) is 0 Å². The molecule has 0 amide bonds. The van der Waals surface area contributed by atoms with Crippen LogP contribution in [0.25, 0.3) is 11.1 Å². The first-order valence-corrected chi connectivity index (χ1v) is 35.9. The summed E-state index contributed by atoms with van der Waals surface area (Å²) in [5.74, 6) is 16.8. The van der Waals surface area contributed by atoms with Crippen LogP contribution in [0.1, 0.15) is 188 Å². The number of hydrogen-bond acceptors (Lipinski definition) is 0. The fourth-order valence-corrected chi connectivity index (χ4v) is 35.7. The lowest BCUT2D eigenvalue weighted by molar-refractivity contribution is 0.838. The van der Waals surface area contributed by atoms with Crippen molar-refractivity contribution in [2.24, 2.45) is 0 Å². The molecule has 0 aromatic heterocycles. The molecule has 0 heterocycles. The normalized spacial score (nSPS) is 13.8. The van der Waals surface area contributed by atoms with Gasteiger partial charge in [-0.05, 0) is 87.4 Å². The first kappa shape index (κ1) is 55.4. The van der Waals surface area contributed by atoms with E-state index in [9.17, 15) is 0 Å². The second kappa shape index (κ2) is 21.1. The smallest absolute Gasteiger partial charge is 0.125 e. The Balaban J connectivity index is 2.29. The Morgan fingerprint density at radius 3 is 0.662 bits per heavy atom. The lowest BCUT2D eigenvalue weighted by Gasteiger charge is -2.38. The third kappa shape index (κ3) is 8.95. The zero-order chi connectivity index (χ0) is 51.2. The molecule has 0 aliphatic heterocycles. The highest BCUT2D eigenvalue weighted by molar-refractivity contribution is 6.92. The summed E-state index contributed by atoms with van der Waals surface area (Å²) >= 11 is 0. The van der Waals surface area contributed by atoms with Crippen LogP contribution >= 0.6 is 0 Å². The van der Waals surface area contributed by atoms with E-state index in [1.54, 1.807) is 0 Å². The van der Waals surface area contributed by atoms with E-state index < -0.39 is 32.3 Å². The Morgan fingerprint density at radius 2 is 0.456 bits per heavy atom. The minimum absolute atomic E-state index is 0.499. The predicted octanol–water partition coefficient (Wildman–Crippen LogP) is 16.9. The largest absolute Gasteiger partial charge is 0.146 e. The van der Waals surface area contributed by atoms with Gasteiger partial charge in [-0.15, -0.1) is 22.2 Å². The van der Waals surface area contributed by atoms with E-state index in [2.05, 4.69) is 261 Å². The Hall–Kier alpha value is -3.49. The van der Waals surface area contributed by atoms with Crippen LogP contribution in [0.5, 0.6) is 0 Å². The number of benzene rings is 3. The van der Waals surface area contributed by atoms with Gasteiger partial charge in [-0.2, -0.15) is 0 Å². The molecule has 0 radical (unpaired) electrons. The van der Waals surface area contributed by atoms with Crippen LogP contribution in [-0.4, -0.2) is 32.3 Å². The number of hydrogen-bond donors (Lipinski definition) is 0. The van der Waals surface area contributed by atoms with Gasteiger partial charge in [0.15, 0.2) is 0 Å². The van der Waals surface area contributed by atoms with Gasteiger partial charge in [0.05, 0.1) is 0 Å². The summed E-state index contributed by atoms with van der Waals surface area (Å²) in [7, 11) is -8.68. The SMILES string of the molecule is CC(C)[Si](C#CC1=c2ccccc2=c2c(C#C[Si](C(C)C)(C(C)C)C(C)C)c3c(c(C#C[Si](C(C)C)(C(C)C)C(C)C)c21)=c1ccccc1=C3C#C[Si](C(C)C)(C(C)C)C(C)C)(C(C)C)C(C)C. The fourth-order valence-electron chi connectivity index (χ4n) is 14.8. The minimum Gasteiger partial charge on any atom is -0.125 e. The molecule has 364 valence electrons. The molecule has 0 nitrogen and oxygen atoms in total. The van der Waals surface area contributed by atoms with Crippen LogP contribution in [0.2, 0.25) is 66.5 Å². The lowest BCUT2D eigenvalue weighted by atomic mass is 9.89. The van der Waals surface area contributed by atoms with Crippen LogP contribution < -0.4 is 10.4 Å². The third-order valence-electron chi connectivity index (χ3n) is 18.0. The van der Waals surface area contributed by atoms with E-state index in [1.807, 2.05) is 0 Å². The molecule has 0 bridgehead atoms. The molecular formula is C64H92Si4. The molecule has 0 unspecified atom stereocenters. The number of rotatable bonds is 12. The van der Waals surface area contributed by atoms with Crippen molar-refractivity contribution >= 4 is 43.4 Å². The molecule has 2 aliphatic carbocycles. The Kier molecular flexibility index (Phi) is 17.2. The molecule has 2 aliphatic rings. The summed E-state index contributed by atoms with van der Waals surface area (Å²) in [6, 6.07) is 18.3. The molecule has 0 N–H and O–H groups in total. The summed E-state index contributed by atoms with van der Waals surface area (Å²) in [6.45, 7) is 58.6. The third-order valence-corrected chi connectivity index (χ3v) is 43.2. The molecule has 0 saturated carbocycles. The first-order chi connectivity index (χ1) is 31.7. The minimum atomic E-state index is -2.20. The highest BCUT2D eigenvalue weighted by Crippen LogP contribution is 2.45. The molecule has 68 heavy (non-hydrogen) atoms. The van der Waals surface area contributed by atoms with Crippen molar-refractivity contribution in [2.75, 3.05) is 0 Å². The van der Waals surface area contributed by atoms with Crippen molar-refractivity contribution < 1.29 is 0 Å². The average molecular weight is 974 g/mol. The summed E-state index contributed by atoms with van der Waals surface area (Å²) in [4.78, 5) is 0. The summed E-state index contributed by atoms with van der Waals surface area (Å²) in [6.07, 6.45) is 0. The predicted molar refractivity (Wildman–Crippen MR) is 312 cm³/mol. The van der Waals surface area contributed by atoms with Gasteiger partial charge in [-0.1, -0.05) is 238 Å². The number of fused-ring (bicyclic) bond motifs is 4. The lowest BCUT2D eigenvalue weighted by Crippen LogP contribution is -2.43. The van der Waals surface area contributed by atoms with Gasteiger partial charge in [0.2, 0.25) is 0 Å². The van der Waals surface area contributed by atoms with Crippen molar-refractivity contribution in [3.05, 3.63) is 102 Å². The van der Waals surface area contributed by atoms with E-state index >= 15 is 0 Å². The fraction of sp³-hybridized carbons (Fsp3) is 0.562. The highest BCUT2D eigenvalue weighted by Gasteiger charge is 2.45. The van der Waals surface area contributed by atoms with E-state index in [0.717, 1.165) is 22.3 Å². The maximum Gasteiger partial charge on any atom is 0.146 e. The zero-order valence-electron chi connectivity index (χ0n) is 47.5. The Bertz CT molecular complexity index is 2680. The van der Waals surface area contributed by atoms with Crippen molar-refractivity contribution in [1.29, 1.82) is 0 Å². The molecule has 0 spiro atoms. The second-order valence-electron chi connectivity index (χ2n) is 24.7. The van der Waals surface area contributed by atoms with E-state index in [-0.39, 0.29) is 0 Å². The van der Waals surface area contributed by atoms with Crippen molar-refractivity contribution in [2.45, 2.75) is 233 Å². The molecule has 3 aromatic carbocycles. The van der Waals surface area contributed by atoms with Crippen molar-refractivity contribution in [3.63, 3.8) is 0 Å². The molecule has 3 aromatic rings. The van der Waals surface area contributed by atoms with Crippen LogP contribution in [0, 0.1) is 66.7 Å². The van der Waals surface area contributed by atoms with Gasteiger partial charge in [-0.3, -0.25) is 0 Å². The molecule has 5 rings (SSSR count). The van der Waals surface area contributed by atoms with Crippen molar-refractivity contribution in [3.8, 4) is 45.9 Å². The van der Waals surface area contributed by atoms with Gasteiger partial charge < -0.3 is 0 Å². The highest BCUT2D eigenvalue weighted by atomic mass is 28.3. The zero-order valence-corrected chi connectivity index (χ0v) is 51.5. The summed E-state index contributed by atoms with van der Waals surface area (Å²) in [5.41, 5.74) is 30.3. The second-order valence-corrected chi connectivity index (χ2v) is 47.0. The Morgan fingerprint density at radius 1 is 0.265 bits per heavy atom. The topological polar surface area (TPSA) is 0 Å². The van der Waals surface area contributed by atoms with Gasteiger partial charge in [0.1, 0.15) is 32.3 Å². The summed E-state index contributed by atoms with van der Waals surface area (Å²) < 4.78 is 0. The first-order valence-electron chi connectivity index (χ1n) is 27.0. The standard InChI is InChI=1S/C64H92Si4/c1-41(2)65(42(3)4,43(5)6)37-33-57-53-29-25-27-31-55(53)61-60(36-40-68(50(19)20,51(21)22)52(23)24)64-58(34-38-66(44(7)8,45(9)10)46(11)12)54-30-26-28-32-56(54)62(64)59(63(57)61)35-39-67(47(13)14,48(15)16)49(17)18/h25-32,41-52H,1-24H3. The molecule has 0 fully saturated rings. The van der Waals surface area contributed by atoms with E-state index in [0.29, 0.717) is 66.5 Å². The average Bonchev–Trinajstić information content (AvgIpc) is 3.73.